The number of benzene rings is 1. The van der Waals surface area contributed by atoms with Gasteiger partial charge in [-0.2, -0.15) is 0 Å². The van der Waals surface area contributed by atoms with Gasteiger partial charge in [0.2, 0.25) is 0 Å². The van der Waals surface area contributed by atoms with Crippen molar-refractivity contribution in [2.75, 3.05) is 25.9 Å². The summed E-state index contributed by atoms with van der Waals surface area (Å²) in [5.74, 6) is 0.0618. The molecule has 0 bridgehead atoms. The van der Waals surface area contributed by atoms with E-state index < -0.39 is 0 Å². The van der Waals surface area contributed by atoms with Crippen LogP contribution in [-0.2, 0) is 4.74 Å². The number of amides is 1. The zero-order valence-corrected chi connectivity index (χ0v) is 11.3. The molecule has 0 spiro atoms. The highest BCUT2D eigenvalue weighted by atomic mass is 35.5. The van der Waals surface area contributed by atoms with Gasteiger partial charge in [0.25, 0.3) is 5.91 Å². The number of nitrogens with zero attached hydrogens (tertiary/aromatic N) is 1. The molecule has 2 rings (SSSR count). The quantitative estimate of drug-likeness (QED) is 0.836. The second-order valence-electron chi connectivity index (χ2n) is 4.37. The molecule has 0 radical (unpaired) electrons. The first-order chi connectivity index (χ1) is 8.20. The average Bonchev–Trinajstić information content (AvgIpc) is 2.39. The van der Waals surface area contributed by atoms with E-state index >= 15 is 0 Å². The third-order valence-corrected chi connectivity index (χ3v) is 3.16. The monoisotopic (exact) mass is 270 g/mol. The molecule has 1 saturated heterocycles. The second-order valence-corrected chi connectivity index (χ2v) is 4.37. The SMILES string of the molecule is COC1CCCN(C(=O)c2ccc(N)cc2)C1.Cl. The first-order valence-corrected chi connectivity index (χ1v) is 5.88. The summed E-state index contributed by atoms with van der Waals surface area (Å²) < 4.78 is 5.31. The van der Waals surface area contributed by atoms with E-state index in [4.69, 9.17) is 10.5 Å². The molecule has 1 unspecified atom stereocenters. The molecule has 2 N–H and O–H groups in total. The van der Waals surface area contributed by atoms with E-state index in [0.717, 1.165) is 19.4 Å². The number of carbonyl (C=O) groups is 1. The maximum Gasteiger partial charge on any atom is 0.253 e. The Morgan fingerprint density at radius 2 is 2.06 bits per heavy atom. The number of anilines is 1. The number of hydrogen-bond acceptors (Lipinski definition) is 3. The maximum absolute atomic E-state index is 12.2. The van der Waals surface area contributed by atoms with Crippen LogP contribution < -0.4 is 5.73 Å². The highest BCUT2D eigenvalue weighted by molar-refractivity contribution is 5.94. The van der Waals surface area contributed by atoms with Gasteiger partial charge in [-0.1, -0.05) is 0 Å². The Bertz CT molecular complexity index is 394. The van der Waals surface area contributed by atoms with Gasteiger partial charge in [-0.15, -0.1) is 12.4 Å². The van der Waals surface area contributed by atoms with E-state index in [0.29, 0.717) is 17.8 Å². The summed E-state index contributed by atoms with van der Waals surface area (Å²) in [6.45, 7) is 1.49. The largest absolute Gasteiger partial charge is 0.399 e. The van der Waals surface area contributed by atoms with Crippen molar-refractivity contribution in [2.45, 2.75) is 18.9 Å². The number of carbonyl (C=O) groups excluding carboxylic acids is 1. The normalized spacial score (nSPS) is 19.2. The fourth-order valence-corrected chi connectivity index (χ4v) is 2.12. The van der Waals surface area contributed by atoms with Crippen LogP contribution in [0.5, 0.6) is 0 Å². The Kier molecular flexibility index (Phi) is 5.44. The minimum atomic E-state index is 0. The lowest BCUT2D eigenvalue weighted by molar-refractivity contribution is 0.0269. The molecular weight excluding hydrogens is 252 g/mol. The summed E-state index contributed by atoms with van der Waals surface area (Å²) in [6.07, 6.45) is 2.20. The molecule has 1 heterocycles. The molecule has 0 aliphatic carbocycles. The summed E-state index contributed by atoms with van der Waals surface area (Å²) in [5, 5.41) is 0. The van der Waals surface area contributed by atoms with E-state index in [1.54, 1.807) is 31.4 Å². The number of nitrogen functional groups attached to an aromatic ring is 1. The van der Waals surface area contributed by atoms with Gasteiger partial charge in [0.1, 0.15) is 0 Å². The van der Waals surface area contributed by atoms with Crippen LogP contribution in [0.25, 0.3) is 0 Å². The minimum Gasteiger partial charge on any atom is -0.399 e. The Morgan fingerprint density at radius 1 is 1.39 bits per heavy atom. The number of rotatable bonds is 2. The van der Waals surface area contributed by atoms with Gasteiger partial charge in [0.15, 0.2) is 0 Å². The molecule has 0 aromatic heterocycles. The van der Waals surface area contributed by atoms with Crippen LogP contribution in [0.15, 0.2) is 24.3 Å². The standard InChI is InChI=1S/C13H18N2O2.ClH/c1-17-12-3-2-8-15(9-12)13(16)10-4-6-11(14)7-5-10;/h4-7,12H,2-3,8-9,14H2,1H3;1H. The van der Waals surface area contributed by atoms with E-state index in [1.807, 2.05) is 4.90 Å². The Morgan fingerprint density at radius 3 is 2.67 bits per heavy atom. The van der Waals surface area contributed by atoms with Crippen LogP contribution in [0, 0.1) is 0 Å². The number of methoxy groups -OCH3 is 1. The van der Waals surface area contributed by atoms with E-state index in [2.05, 4.69) is 0 Å². The topological polar surface area (TPSA) is 55.6 Å². The van der Waals surface area contributed by atoms with Crippen molar-refractivity contribution >= 4 is 24.0 Å². The molecule has 1 aromatic rings. The van der Waals surface area contributed by atoms with Crippen LogP contribution in [0.3, 0.4) is 0 Å². The smallest absolute Gasteiger partial charge is 0.253 e. The maximum atomic E-state index is 12.2. The van der Waals surface area contributed by atoms with Crippen LogP contribution in [0.2, 0.25) is 0 Å². The number of likely N-dealkylation sites (tertiary alicyclic amines) is 1. The fraction of sp³-hybridized carbons (Fsp3) is 0.462. The highest BCUT2D eigenvalue weighted by Crippen LogP contribution is 2.16. The molecule has 100 valence electrons. The Balaban J connectivity index is 0.00000162. The van der Waals surface area contributed by atoms with Gasteiger partial charge < -0.3 is 15.4 Å². The number of halogens is 1. The molecule has 4 nitrogen and oxygen atoms in total. The molecule has 1 aliphatic heterocycles. The van der Waals surface area contributed by atoms with Gasteiger partial charge in [0.05, 0.1) is 6.10 Å². The first-order valence-electron chi connectivity index (χ1n) is 5.88. The third-order valence-electron chi connectivity index (χ3n) is 3.16. The molecular formula is C13H19ClN2O2. The lowest BCUT2D eigenvalue weighted by Gasteiger charge is -2.32. The van der Waals surface area contributed by atoms with Gasteiger partial charge in [0, 0.05) is 31.5 Å². The Hall–Kier alpha value is -1.26. The summed E-state index contributed by atoms with van der Waals surface area (Å²) in [7, 11) is 1.70. The highest BCUT2D eigenvalue weighted by Gasteiger charge is 2.23. The van der Waals surface area contributed by atoms with E-state index in [9.17, 15) is 4.79 Å². The number of piperidine rings is 1. The van der Waals surface area contributed by atoms with Gasteiger partial charge in [-0.3, -0.25) is 4.79 Å². The molecule has 1 aliphatic rings. The van der Waals surface area contributed by atoms with Crippen LogP contribution in [0.4, 0.5) is 5.69 Å². The summed E-state index contributed by atoms with van der Waals surface area (Å²) in [6, 6.07) is 7.05. The van der Waals surface area contributed by atoms with E-state index in [1.165, 1.54) is 0 Å². The van der Waals surface area contributed by atoms with Crippen LogP contribution >= 0.6 is 12.4 Å². The van der Waals surface area contributed by atoms with Crippen molar-refractivity contribution in [3.63, 3.8) is 0 Å². The predicted octanol–water partition coefficient (Wildman–Crippen LogP) is 1.94. The van der Waals surface area contributed by atoms with Gasteiger partial charge >= 0.3 is 0 Å². The fourth-order valence-electron chi connectivity index (χ4n) is 2.12. The zero-order valence-electron chi connectivity index (χ0n) is 10.5. The number of ether oxygens (including phenoxy) is 1. The zero-order chi connectivity index (χ0) is 12.3. The second kappa shape index (κ2) is 6.61. The number of nitrogens with two attached hydrogens (primary N) is 1. The molecule has 1 fully saturated rings. The third kappa shape index (κ3) is 3.37. The molecule has 1 amide bonds. The van der Waals surface area contributed by atoms with Crippen molar-refractivity contribution in [3.05, 3.63) is 29.8 Å². The lowest BCUT2D eigenvalue weighted by atomic mass is 10.1. The number of hydrogen-bond donors (Lipinski definition) is 1. The van der Waals surface area contributed by atoms with Crippen LogP contribution in [-0.4, -0.2) is 37.1 Å². The lowest BCUT2D eigenvalue weighted by Crippen LogP contribution is -2.42. The van der Waals surface area contributed by atoms with Crippen molar-refractivity contribution < 1.29 is 9.53 Å². The Labute approximate surface area is 114 Å². The van der Waals surface area contributed by atoms with Crippen molar-refractivity contribution in [1.82, 2.24) is 4.90 Å². The van der Waals surface area contributed by atoms with Gasteiger partial charge in [-0.05, 0) is 37.1 Å². The predicted molar refractivity (Wildman–Crippen MR) is 74.0 cm³/mol. The summed E-state index contributed by atoms with van der Waals surface area (Å²) >= 11 is 0. The summed E-state index contributed by atoms with van der Waals surface area (Å²) in [4.78, 5) is 14.1. The average molecular weight is 271 g/mol. The van der Waals surface area contributed by atoms with Crippen molar-refractivity contribution in [1.29, 1.82) is 0 Å². The van der Waals surface area contributed by atoms with Crippen molar-refractivity contribution in [2.24, 2.45) is 0 Å². The molecule has 5 heteroatoms. The van der Waals surface area contributed by atoms with Gasteiger partial charge in [-0.25, -0.2) is 0 Å². The van der Waals surface area contributed by atoms with Crippen molar-refractivity contribution in [3.8, 4) is 0 Å². The molecule has 1 atom stereocenters. The first kappa shape index (κ1) is 14.8. The van der Waals surface area contributed by atoms with Crippen LogP contribution in [0.1, 0.15) is 23.2 Å². The summed E-state index contributed by atoms with van der Waals surface area (Å²) in [5.41, 5.74) is 6.97. The minimum absolute atomic E-state index is 0. The molecule has 1 aromatic carbocycles. The van der Waals surface area contributed by atoms with E-state index in [-0.39, 0.29) is 24.4 Å². The molecule has 0 saturated carbocycles. The molecule has 18 heavy (non-hydrogen) atoms.